The first-order valence-electron chi connectivity index (χ1n) is 6.07. The van der Waals surface area contributed by atoms with Crippen molar-refractivity contribution in [2.45, 2.75) is 13.0 Å². The Kier molecular flexibility index (Phi) is 4.22. The zero-order valence-electron chi connectivity index (χ0n) is 10.3. The molecule has 1 aliphatic heterocycles. The molecule has 1 atom stereocenters. The van der Waals surface area contributed by atoms with Crippen LogP contribution < -0.4 is 5.32 Å². The van der Waals surface area contributed by atoms with Gasteiger partial charge in [0.1, 0.15) is 5.75 Å². The van der Waals surface area contributed by atoms with Crippen LogP contribution in [0.1, 0.15) is 17.3 Å². The molecule has 1 saturated heterocycles. The van der Waals surface area contributed by atoms with Crippen molar-refractivity contribution in [3.05, 3.63) is 28.8 Å². The molecule has 18 heavy (non-hydrogen) atoms. The monoisotopic (exact) mass is 268 g/mol. The van der Waals surface area contributed by atoms with Crippen LogP contribution in [0.5, 0.6) is 5.75 Å². The second-order valence-electron chi connectivity index (χ2n) is 4.49. The molecule has 1 aromatic carbocycles. The van der Waals surface area contributed by atoms with Crippen LogP contribution in [0.4, 0.5) is 0 Å². The molecule has 98 valence electrons. The van der Waals surface area contributed by atoms with Gasteiger partial charge in [-0.2, -0.15) is 0 Å². The summed E-state index contributed by atoms with van der Waals surface area (Å²) >= 11 is 6.00. The minimum Gasteiger partial charge on any atom is -0.508 e. The number of halogens is 1. The van der Waals surface area contributed by atoms with Gasteiger partial charge in [-0.3, -0.25) is 9.69 Å². The van der Waals surface area contributed by atoms with Crippen LogP contribution in [0.3, 0.4) is 0 Å². The van der Waals surface area contributed by atoms with Crippen molar-refractivity contribution in [1.82, 2.24) is 10.2 Å². The van der Waals surface area contributed by atoms with E-state index in [2.05, 4.69) is 10.2 Å². The predicted octanol–water partition coefficient (Wildman–Crippen LogP) is 1.52. The highest BCUT2D eigenvalue weighted by Gasteiger charge is 2.25. The number of hydrogen-bond donors (Lipinski definition) is 2. The molecule has 1 aliphatic rings. The molecular weight excluding hydrogens is 252 g/mol. The number of carbonyl (C=O) groups is 1. The van der Waals surface area contributed by atoms with E-state index in [9.17, 15) is 9.90 Å². The highest BCUT2D eigenvalue weighted by Crippen LogP contribution is 2.23. The summed E-state index contributed by atoms with van der Waals surface area (Å²) in [6, 6.07) is 4.29. The van der Waals surface area contributed by atoms with Crippen LogP contribution in [0.15, 0.2) is 18.2 Å². The lowest BCUT2D eigenvalue weighted by molar-refractivity contribution is 0.0820. The van der Waals surface area contributed by atoms with E-state index in [1.165, 1.54) is 12.1 Å². The van der Waals surface area contributed by atoms with Gasteiger partial charge in [0, 0.05) is 31.7 Å². The minimum atomic E-state index is -0.186. The molecule has 1 fully saturated rings. The number of phenols is 1. The topological polar surface area (TPSA) is 52.6 Å². The smallest absolute Gasteiger partial charge is 0.181 e. The maximum Gasteiger partial charge on any atom is 0.181 e. The summed E-state index contributed by atoms with van der Waals surface area (Å²) in [5.74, 6) is 0.0771. The molecule has 0 bridgehead atoms. The van der Waals surface area contributed by atoms with Crippen LogP contribution in [-0.4, -0.2) is 48.0 Å². The third kappa shape index (κ3) is 2.83. The first-order chi connectivity index (χ1) is 8.59. The minimum absolute atomic E-state index is 0.00176. The number of hydrogen-bond acceptors (Lipinski definition) is 4. The lowest BCUT2D eigenvalue weighted by Gasteiger charge is -2.32. The molecule has 1 aromatic rings. The molecule has 1 unspecified atom stereocenters. The van der Waals surface area contributed by atoms with Gasteiger partial charge in [-0.25, -0.2) is 0 Å². The van der Waals surface area contributed by atoms with Crippen molar-refractivity contribution < 1.29 is 9.90 Å². The average molecular weight is 269 g/mol. The van der Waals surface area contributed by atoms with Gasteiger partial charge in [0.05, 0.1) is 11.1 Å². The number of carbonyl (C=O) groups excluding carboxylic acids is 1. The molecule has 0 saturated carbocycles. The fraction of sp³-hybridized carbons (Fsp3) is 0.462. The quantitative estimate of drug-likeness (QED) is 0.817. The zero-order chi connectivity index (χ0) is 13.1. The summed E-state index contributed by atoms with van der Waals surface area (Å²) in [6.45, 7) is 5.43. The molecule has 0 amide bonds. The van der Waals surface area contributed by atoms with Gasteiger partial charge < -0.3 is 10.4 Å². The number of phenolic OH excluding ortho intramolecular Hbond substituents is 1. The summed E-state index contributed by atoms with van der Waals surface area (Å²) in [5, 5.41) is 12.9. The molecule has 4 nitrogen and oxygen atoms in total. The molecule has 2 rings (SSSR count). The van der Waals surface area contributed by atoms with Crippen molar-refractivity contribution in [2.75, 3.05) is 26.2 Å². The molecule has 0 radical (unpaired) electrons. The summed E-state index contributed by atoms with van der Waals surface area (Å²) in [5.41, 5.74) is 0.473. The normalized spacial score (nSPS) is 18.6. The number of Topliss-reactive ketones (excluding diaryl/α,β-unsaturated/α-hetero) is 1. The highest BCUT2D eigenvalue weighted by molar-refractivity contribution is 6.34. The maximum atomic E-state index is 12.3. The van der Waals surface area contributed by atoms with E-state index in [0.717, 1.165) is 26.2 Å². The molecule has 0 aromatic heterocycles. The first kappa shape index (κ1) is 13.3. The highest BCUT2D eigenvalue weighted by atomic mass is 35.5. The van der Waals surface area contributed by atoms with Gasteiger partial charge in [0.25, 0.3) is 0 Å². The van der Waals surface area contributed by atoms with Gasteiger partial charge in [0.2, 0.25) is 0 Å². The Morgan fingerprint density at radius 1 is 1.44 bits per heavy atom. The number of nitrogens with zero attached hydrogens (tertiary/aromatic N) is 1. The summed E-state index contributed by atoms with van der Waals surface area (Å²) in [6.07, 6.45) is 0. The average Bonchev–Trinajstić information content (AvgIpc) is 2.38. The van der Waals surface area contributed by atoms with Crippen LogP contribution >= 0.6 is 11.6 Å². The van der Waals surface area contributed by atoms with E-state index in [1.54, 1.807) is 6.07 Å². The van der Waals surface area contributed by atoms with Crippen LogP contribution in [-0.2, 0) is 0 Å². The lowest BCUT2D eigenvalue weighted by Crippen LogP contribution is -2.50. The Labute approximate surface area is 112 Å². The standard InChI is InChI=1S/C13H17ClN2O2/c1-9(16-6-4-15-5-7-16)13(18)11-3-2-10(17)8-12(11)14/h2-3,8-9,15,17H,4-7H2,1H3. The Hall–Kier alpha value is -1.10. The number of rotatable bonds is 3. The number of aromatic hydroxyl groups is 1. The van der Waals surface area contributed by atoms with Crippen LogP contribution in [0.2, 0.25) is 5.02 Å². The van der Waals surface area contributed by atoms with Crippen molar-refractivity contribution in [3.8, 4) is 5.75 Å². The number of nitrogens with one attached hydrogen (secondary N) is 1. The van der Waals surface area contributed by atoms with Gasteiger partial charge in [-0.15, -0.1) is 0 Å². The fourth-order valence-corrected chi connectivity index (χ4v) is 2.43. The first-order valence-corrected chi connectivity index (χ1v) is 6.45. The lowest BCUT2D eigenvalue weighted by atomic mass is 10.0. The Balaban J connectivity index is 2.14. The predicted molar refractivity (Wildman–Crippen MR) is 71.4 cm³/mol. The second kappa shape index (κ2) is 5.69. The van der Waals surface area contributed by atoms with Crippen LogP contribution in [0, 0.1) is 0 Å². The third-order valence-electron chi connectivity index (χ3n) is 3.30. The van der Waals surface area contributed by atoms with E-state index in [0.29, 0.717) is 10.6 Å². The van der Waals surface area contributed by atoms with Crippen molar-refractivity contribution in [3.63, 3.8) is 0 Å². The van der Waals surface area contributed by atoms with Gasteiger partial charge in [-0.05, 0) is 25.1 Å². The largest absolute Gasteiger partial charge is 0.508 e. The number of piperazine rings is 1. The number of ketones is 1. The van der Waals surface area contributed by atoms with E-state index in [-0.39, 0.29) is 17.6 Å². The van der Waals surface area contributed by atoms with E-state index in [4.69, 9.17) is 11.6 Å². The zero-order valence-corrected chi connectivity index (χ0v) is 11.1. The van der Waals surface area contributed by atoms with E-state index >= 15 is 0 Å². The van der Waals surface area contributed by atoms with Crippen molar-refractivity contribution in [1.29, 1.82) is 0 Å². The van der Waals surface area contributed by atoms with E-state index < -0.39 is 0 Å². The van der Waals surface area contributed by atoms with E-state index in [1.807, 2.05) is 6.92 Å². The Morgan fingerprint density at radius 2 is 2.11 bits per heavy atom. The Bertz CT molecular complexity index is 445. The summed E-state index contributed by atoms with van der Waals surface area (Å²) < 4.78 is 0. The molecule has 0 aliphatic carbocycles. The maximum absolute atomic E-state index is 12.3. The summed E-state index contributed by atoms with van der Waals surface area (Å²) in [4.78, 5) is 14.5. The second-order valence-corrected chi connectivity index (χ2v) is 4.90. The fourth-order valence-electron chi connectivity index (χ4n) is 2.16. The van der Waals surface area contributed by atoms with Crippen LogP contribution in [0.25, 0.3) is 0 Å². The summed E-state index contributed by atoms with van der Waals surface area (Å²) in [7, 11) is 0. The molecular formula is C13H17ClN2O2. The number of benzene rings is 1. The van der Waals surface area contributed by atoms with Crippen molar-refractivity contribution >= 4 is 17.4 Å². The van der Waals surface area contributed by atoms with Gasteiger partial charge in [-0.1, -0.05) is 11.6 Å². The van der Waals surface area contributed by atoms with Gasteiger partial charge >= 0.3 is 0 Å². The Morgan fingerprint density at radius 3 is 2.72 bits per heavy atom. The molecule has 2 N–H and O–H groups in total. The molecule has 0 spiro atoms. The third-order valence-corrected chi connectivity index (χ3v) is 3.61. The molecule has 5 heteroatoms. The van der Waals surface area contributed by atoms with Gasteiger partial charge in [0.15, 0.2) is 5.78 Å². The van der Waals surface area contributed by atoms with Crippen molar-refractivity contribution in [2.24, 2.45) is 0 Å². The SMILES string of the molecule is CC(C(=O)c1ccc(O)cc1Cl)N1CCNCC1. The molecule has 1 heterocycles.